The van der Waals surface area contributed by atoms with Crippen LogP contribution in [0.1, 0.15) is 41.0 Å². The number of ether oxygens (including phenoxy) is 3. The first-order chi connectivity index (χ1) is 13.9. The van der Waals surface area contributed by atoms with E-state index >= 15 is 0 Å². The molecule has 0 aromatic rings. The summed E-state index contributed by atoms with van der Waals surface area (Å²) in [6.45, 7) is 11.3. The van der Waals surface area contributed by atoms with Crippen LogP contribution in [0.25, 0.3) is 0 Å². The molecule has 2 N–H and O–H groups in total. The van der Waals surface area contributed by atoms with Gasteiger partial charge < -0.3 is 24.8 Å². The van der Waals surface area contributed by atoms with Crippen molar-refractivity contribution in [1.82, 2.24) is 10.6 Å². The summed E-state index contributed by atoms with van der Waals surface area (Å²) in [4.78, 5) is 49.6. The van der Waals surface area contributed by atoms with Crippen molar-refractivity contribution in [2.45, 2.75) is 64.4 Å². The van der Waals surface area contributed by atoms with E-state index in [1.54, 1.807) is 27.7 Å². The van der Waals surface area contributed by atoms with Gasteiger partial charge in [0.2, 0.25) is 5.91 Å². The van der Waals surface area contributed by atoms with E-state index in [1.165, 1.54) is 6.92 Å². The first-order valence-corrected chi connectivity index (χ1v) is 9.82. The van der Waals surface area contributed by atoms with Gasteiger partial charge in [-0.15, -0.1) is 0 Å². The maximum absolute atomic E-state index is 14.7. The van der Waals surface area contributed by atoms with E-state index in [1.807, 2.05) is 0 Å². The van der Waals surface area contributed by atoms with Crippen LogP contribution in [0.4, 0.5) is 9.18 Å². The number of hydrogen-bond acceptors (Lipinski definition) is 7. The average Bonchev–Trinajstić information content (AvgIpc) is 3.29. The molecule has 2 aliphatic carbocycles. The molecule has 2 fully saturated rings. The SMILES string of the molecule is C=COC(=O)[C@H]1[C@H]2[C@@H]1C(NC(=O)[C@H](C)NC(=O)OC(C)(C)C)(C(=O)OCC)C[C@H]2F. The third-order valence-corrected chi connectivity index (χ3v) is 5.16. The summed E-state index contributed by atoms with van der Waals surface area (Å²) in [5.74, 6) is -4.75. The van der Waals surface area contributed by atoms with Crippen LogP contribution in [-0.2, 0) is 28.6 Å². The van der Waals surface area contributed by atoms with Gasteiger partial charge in [-0.3, -0.25) is 9.59 Å². The van der Waals surface area contributed by atoms with Crippen LogP contribution in [-0.4, -0.2) is 53.9 Å². The summed E-state index contributed by atoms with van der Waals surface area (Å²) in [6.07, 6.45) is -1.72. The van der Waals surface area contributed by atoms with Crippen molar-refractivity contribution >= 4 is 23.9 Å². The summed E-state index contributed by atoms with van der Waals surface area (Å²) in [6, 6.07) is -1.08. The molecule has 0 aromatic heterocycles. The Morgan fingerprint density at radius 1 is 1.30 bits per heavy atom. The van der Waals surface area contributed by atoms with Crippen molar-refractivity contribution in [3.8, 4) is 0 Å². The van der Waals surface area contributed by atoms with Crippen molar-refractivity contribution in [2.75, 3.05) is 6.61 Å². The Kier molecular flexibility index (Phi) is 6.78. The minimum Gasteiger partial charge on any atom is -0.464 e. The number of carbonyl (C=O) groups is 4. The number of halogens is 1. The molecule has 2 rings (SSSR count). The number of rotatable bonds is 7. The molecule has 10 heteroatoms. The van der Waals surface area contributed by atoms with Crippen molar-refractivity contribution in [1.29, 1.82) is 0 Å². The molecule has 0 aromatic carbocycles. The Morgan fingerprint density at radius 3 is 2.47 bits per heavy atom. The van der Waals surface area contributed by atoms with E-state index in [0.717, 1.165) is 6.26 Å². The Hall–Kier alpha value is -2.65. The fraction of sp³-hybridized carbons (Fsp3) is 0.700. The fourth-order valence-corrected chi connectivity index (χ4v) is 4.01. The molecule has 6 atom stereocenters. The number of alkyl carbamates (subject to hydrolysis) is 1. The van der Waals surface area contributed by atoms with E-state index in [-0.39, 0.29) is 13.0 Å². The van der Waals surface area contributed by atoms with Crippen LogP contribution in [0, 0.1) is 17.8 Å². The maximum Gasteiger partial charge on any atom is 0.408 e. The van der Waals surface area contributed by atoms with Gasteiger partial charge in [0.05, 0.1) is 18.8 Å². The molecule has 0 saturated heterocycles. The Labute approximate surface area is 174 Å². The molecule has 0 bridgehead atoms. The zero-order chi connectivity index (χ0) is 22.9. The minimum absolute atomic E-state index is 0.0122. The standard InChI is InChI=1S/C20H29FN2O7/c1-7-28-16(25)13-12-11(21)9-20(14(12)13,17(26)29-8-2)23-15(24)10(3)22-18(27)30-19(4,5)6/h7,10-14H,1,8-9H2,2-6H3,(H,22,27)(H,23,24)/t10-,11+,12-,13-,14-,20?/m0/s1. The predicted octanol–water partition coefficient (Wildman–Crippen LogP) is 1.61. The zero-order valence-corrected chi connectivity index (χ0v) is 17.8. The summed E-state index contributed by atoms with van der Waals surface area (Å²) >= 11 is 0. The van der Waals surface area contributed by atoms with Gasteiger partial charge in [0.1, 0.15) is 23.4 Å². The third kappa shape index (κ3) is 4.73. The number of fused-ring (bicyclic) bond motifs is 1. The number of carbonyl (C=O) groups excluding carboxylic acids is 4. The quantitative estimate of drug-likeness (QED) is 0.359. The number of nitrogens with one attached hydrogen (secondary N) is 2. The monoisotopic (exact) mass is 428 g/mol. The Balaban J connectivity index is 2.19. The topological polar surface area (TPSA) is 120 Å². The van der Waals surface area contributed by atoms with Gasteiger partial charge in [-0.25, -0.2) is 14.0 Å². The summed E-state index contributed by atoms with van der Waals surface area (Å²) in [5.41, 5.74) is -2.49. The lowest BCUT2D eigenvalue weighted by Gasteiger charge is -2.32. The van der Waals surface area contributed by atoms with Crippen molar-refractivity contribution in [3.63, 3.8) is 0 Å². The lowest BCUT2D eigenvalue weighted by Crippen LogP contribution is -2.61. The maximum atomic E-state index is 14.7. The van der Waals surface area contributed by atoms with Crippen LogP contribution in [0.2, 0.25) is 0 Å². The van der Waals surface area contributed by atoms with E-state index < -0.39 is 65.0 Å². The highest BCUT2D eigenvalue weighted by Gasteiger charge is 2.76. The molecule has 0 radical (unpaired) electrons. The van der Waals surface area contributed by atoms with Crippen LogP contribution < -0.4 is 10.6 Å². The molecule has 1 unspecified atom stereocenters. The second-order valence-corrected chi connectivity index (χ2v) is 8.50. The lowest BCUT2D eigenvalue weighted by atomic mass is 9.89. The van der Waals surface area contributed by atoms with E-state index in [4.69, 9.17) is 14.2 Å². The Bertz CT molecular complexity index is 735. The van der Waals surface area contributed by atoms with Crippen molar-refractivity contribution in [3.05, 3.63) is 12.8 Å². The molecule has 0 heterocycles. The first kappa shape index (κ1) is 23.6. The number of esters is 2. The van der Waals surface area contributed by atoms with Gasteiger partial charge in [0, 0.05) is 18.3 Å². The van der Waals surface area contributed by atoms with Crippen LogP contribution in [0.5, 0.6) is 0 Å². The third-order valence-electron chi connectivity index (χ3n) is 5.16. The van der Waals surface area contributed by atoms with Gasteiger partial charge in [-0.2, -0.15) is 0 Å². The number of hydrogen-bond donors (Lipinski definition) is 2. The number of amides is 2. The predicted molar refractivity (Wildman–Crippen MR) is 103 cm³/mol. The molecule has 9 nitrogen and oxygen atoms in total. The molecule has 30 heavy (non-hydrogen) atoms. The average molecular weight is 428 g/mol. The van der Waals surface area contributed by atoms with Gasteiger partial charge in [0.15, 0.2) is 0 Å². The molecule has 2 amide bonds. The van der Waals surface area contributed by atoms with Crippen molar-refractivity contribution < 1.29 is 37.8 Å². The minimum atomic E-state index is -1.73. The highest BCUT2D eigenvalue weighted by molar-refractivity contribution is 5.94. The molecule has 0 spiro atoms. The van der Waals surface area contributed by atoms with Crippen LogP contribution in [0.15, 0.2) is 12.8 Å². The largest absolute Gasteiger partial charge is 0.464 e. The van der Waals surface area contributed by atoms with E-state index in [9.17, 15) is 23.6 Å². The summed E-state index contributed by atoms with van der Waals surface area (Å²) in [7, 11) is 0. The number of alkyl halides is 1. The molecule has 168 valence electrons. The normalized spacial score (nSPS) is 30.3. The van der Waals surface area contributed by atoms with Gasteiger partial charge in [-0.05, 0) is 34.6 Å². The molecular weight excluding hydrogens is 399 g/mol. The second-order valence-electron chi connectivity index (χ2n) is 8.50. The van der Waals surface area contributed by atoms with Crippen LogP contribution >= 0.6 is 0 Å². The van der Waals surface area contributed by atoms with E-state index in [2.05, 4.69) is 17.2 Å². The molecule has 2 aliphatic rings. The second kappa shape index (κ2) is 8.61. The fourth-order valence-electron chi connectivity index (χ4n) is 4.01. The van der Waals surface area contributed by atoms with E-state index in [0.29, 0.717) is 0 Å². The van der Waals surface area contributed by atoms with Gasteiger partial charge in [-0.1, -0.05) is 6.58 Å². The van der Waals surface area contributed by atoms with Gasteiger partial charge >= 0.3 is 18.0 Å². The Morgan fingerprint density at radius 2 is 1.93 bits per heavy atom. The lowest BCUT2D eigenvalue weighted by molar-refractivity contribution is -0.155. The zero-order valence-electron chi connectivity index (χ0n) is 17.8. The summed E-state index contributed by atoms with van der Waals surface area (Å²) < 4.78 is 29.6. The summed E-state index contributed by atoms with van der Waals surface area (Å²) in [5, 5.41) is 4.90. The highest BCUT2D eigenvalue weighted by atomic mass is 19.1. The molecule has 0 aliphatic heterocycles. The first-order valence-electron chi connectivity index (χ1n) is 9.82. The molecular formula is C20H29FN2O7. The highest BCUT2D eigenvalue weighted by Crippen LogP contribution is 2.64. The van der Waals surface area contributed by atoms with Crippen LogP contribution in [0.3, 0.4) is 0 Å². The molecule has 2 saturated carbocycles. The van der Waals surface area contributed by atoms with Gasteiger partial charge in [0.25, 0.3) is 0 Å². The van der Waals surface area contributed by atoms with Crippen molar-refractivity contribution in [2.24, 2.45) is 17.8 Å². The smallest absolute Gasteiger partial charge is 0.408 e.